The quantitative estimate of drug-likeness (QED) is 0.895. The summed E-state index contributed by atoms with van der Waals surface area (Å²) < 4.78 is 37.7. The van der Waals surface area contributed by atoms with Crippen molar-refractivity contribution in [3.8, 4) is 0 Å². The van der Waals surface area contributed by atoms with E-state index in [1.165, 1.54) is 6.20 Å². The first-order valence-corrected chi connectivity index (χ1v) is 7.28. The van der Waals surface area contributed by atoms with Gasteiger partial charge in [0, 0.05) is 11.6 Å². The van der Waals surface area contributed by atoms with E-state index in [1.54, 1.807) is 25.3 Å². The lowest BCUT2D eigenvalue weighted by molar-refractivity contribution is -0.140. The topological polar surface area (TPSA) is 66.9 Å². The first kappa shape index (κ1) is 16.2. The van der Waals surface area contributed by atoms with Crippen molar-refractivity contribution in [2.75, 3.05) is 5.32 Å². The predicted octanol–water partition coefficient (Wildman–Crippen LogP) is 3.83. The fraction of sp³-hybridized carbons (Fsp3) is 0.308. The van der Waals surface area contributed by atoms with Gasteiger partial charge in [-0.05, 0) is 18.6 Å². The standard InChI is InChI=1S/C13H13F3N4OS/c1-2-9(11-20-10(7-22-11)13(14,15)16)19-12(21)18-8-4-3-5-17-6-8/h3-7,9H,2H2,1H3,(H2,18,19,21). The summed E-state index contributed by atoms with van der Waals surface area (Å²) in [4.78, 5) is 19.3. The fourth-order valence-electron chi connectivity index (χ4n) is 1.68. The number of aromatic nitrogens is 2. The molecule has 0 aliphatic rings. The molecule has 2 rings (SSSR count). The molecule has 0 saturated carbocycles. The molecule has 22 heavy (non-hydrogen) atoms. The third-order valence-corrected chi connectivity index (χ3v) is 3.70. The summed E-state index contributed by atoms with van der Waals surface area (Å²) in [5, 5.41) is 6.32. The summed E-state index contributed by atoms with van der Waals surface area (Å²) in [6, 6.07) is 2.20. The first-order valence-electron chi connectivity index (χ1n) is 6.40. The first-order chi connectivity index (χ1) is 10.4. The molecule has 118 valence electrons. The second-order valence-electron chi connectivity index (χ2n) is 4.37. The molecule has 0 radical (unpaired) electrons. The minimum Gasteiger partial charge on any atom is -0.329 e. The Morgan fingerprint density at radius 1 is 1.45 bits per heavy atom. The molecule has 2 heterocycles. The molecule has 9 heteroatoms. The van der Waals surface area contributed by atoms with Crippen LogP contribution < -0.4 is 10.6 Å². The number of rotatable bonds is 4. The summed E-state index contributed by atoms with van der Waals surface area (Å²) in [7, 11) is 0. The Hall–Kier alpha value is -2.16. The Balaban J connectivity index is 2.03. The van der Waals surface area contributed by atoms with Gasteiger partial charge in [0.1, 0.15) is 5.01 Å². The summed E-state index contributed by atoms with van der Waals surface area (Å²) in [6.45, 7) is 1.75. The highest BCUT2D eigenvalue weighted by Gasteiger charge is 2.34. The van der Waals surface area contributed by atoms with Crippen molar-refractivity contribution < 1.29 is 18.0 Å². The van der Waals surface area contributed by atoms with Crippen LogP contribution in [0.2, 0.25) is 0 Å². The summed E-state index contributed by atoms with van der Waals surface area (Å²) >= 11 is 0.871. The number of nitrogens with zero attached hydrogens (tertiary/aromatic N) is 2. The molecular formula is C13H13F3N4OS. The monoisotopic (exact) mass is 330 g/mol. The lowest BCUT2D eigenvalue weighted by atomic mass is 10.2. The summed E-state index contributed by atoms with van der Waals surface area (Å²) in [5.41, 5.74) is -0.453. The maximum atomic E-state index is 12.6. The van der Waals surface area contributed by atoms with E-state index in [9.17, 15) is 18.0 Å². The van der Waals surface area contributed by atoms with Crippen molar-refractivity contribution in [2.24, 2.45) is 0 Å². The van der Waals surface area contributed by atoms with E-state index in [0.29, 0.717) is 12.1 Å². The van der Waals surface area contributed by atoms with E-state index in [1.807, 2.05) is 0 Å². The van der Waals surface area contributed by atoms with Crippen molar-refractivity contribution in [1.82, 2.24) is 15.3 Å². The second-order valence-corrected chi connectivity index (χ2v) is 5.26. The fourth-order valence-corrected chi connectivity index (χ4v) is 2.64. The number of urea groups is 1. The molecule has 0 spiro atoms. The van der Waals surface area contributed by atoms with Crippen molar-refractivity contribution in [1.29, 1.82) is 0 Å². The number of amides is 2. The molecule has 0 aromatic carbocycles. The van der Waals surface area contributed by atoms with Crippen LogP contribution in [0.1, 0.15) is 30.1 Å². The molecule has 0 bridgehead atoms. The zero-order valence-corrected chi connectivity index (χ0v) is 12.3. The normalized spacial score (nSPS) is 12.7. The number of thiazole rings is 1. The Morgan fingerprint density at radius 2 is 2.23 bits per heavy atom. The van der Waals surface area contributed by atoms with Crippen LogP contribution in [0, 0.1) is 0 Å². The largest absolute Gasteiger partial charge is 0.434 e. The number of alkyl halides is 3. The van der Waals surface area contributed by atoms with Crippen LogP contribution in [-0.2, 0) is 6.18 Å². The van der Waals surface area contributed by atoms with E-state index in [4.69, 9.17) is 0 Å². The highest BCUT2D eigenvalue weighted by atomic mass is 32.1. The van der Waals surface area contributed by atoms with Crippen LogP contribution in [0.15, 0.2) is 29.9 Å². The van der Waals surface area contributed by atoms with E-state index < -0.39 is 23.9 Å². The van der Waals surface area contributed by atoms with Gasteiger partial charge >= 0.3 is 12.2 Å². The van der Waals surface area contributed by atoms with E-state index in [0.717, 1.165) is 16.7 Å². The summed E-state index contributed by atoms with van der Waals surface area (Å²) in [6.07, 6.45) is -1.03. The van der Waals surface area contributed by atoms with Crippen LogP contribution in [0.5, 0.6) is 0 Å². The average Bonchev–Trinajstić information content (AvgIpc) is 2.95. The van der Waals surface area contributed by atoms with Crippen LogP contribution in [0.25, 0.3) is 0 Å². The molecule has 0 fully saturated rings. The molecule has 2 amide bonds. The number of carbonyl (C=O) groups excluding carboxylic acids is 1. The van der Waals surface area contributed by atoms with Gasteiger partial charge in [0.05, 0.1) is 17.9 Å². The molecule has 2 aromatic heterocycles. The molecule has 0 aliphatic carbocycles. The van der Waals surface area contributed by atoms with Crippen molar-refractivity contribution in [2.45, 2.75) is 25.6 Å². The number of nitrogens with one attached hydrogen (secondary N) is 2. The maximum absolute atomic E-state index is 12.6. The second kappa shape index (κ2) is 6.73. The van der Waals surface area contributed by atoms with E-state index in [2.05, 4.69) is 20.6 Å². The van der Waals surface area contributed by atoms with E-state index >= 15 is 0 Å². The van der Waals surface area contributed by atoms with Gasteiger partial charge in [0.2, 0.25) is 0 Å². The van der Waals surface area contributed by atoms with Gasteiger partial charge in [0.25, 0.3) is 0 Å². The molecule has 2 N–H and O–H groups in total. The zero-order valence-electron chi connectivity index (χ0n) is 11.5. The molecular weight excluding hydrogens is 317 g/mol. The lowest BCUT2D eigenvalue weighted by Crippen LogP contribution is -2.32. The van der Waals surface area contributed by atoms with Crippen LogP contribution in [0.3, 0.4) is 0 Å². The SMILES string of the molecule is CCC(NC(=O)Nc1cccnc1)c1nc(C(F)(F)F)cs1. The van der Waals surface area contributed by atoms with Crippen molar-refractivity contribution >= 4 is 23.1 Å². The van der Waals surface area contributed by atoms with Gasteiger partial charge in [0.15, 0.2) is 5.69 Å². The van der Waals surface area contributed by atoms with Crippen molar-refractivity contribution in [3.05, 3.63) is 40.6 Å². The highest BCUT2D eigenvalue weighted by Crippen LogP contribution is 2.32. The van der Waals surface area contributed by atoms with Gasteiger partial charge in [-0.15, -0.1) is 11.3 Å². The Morgan fingerprint density at radius 3 is 2.77 bits per heavy atom. The van der Waals surface area contributed by atoms with Crippen LogP contribution >= 0.6 is 11.3 Å². The number of anilines is 1. The minimum absolute atomic E-state index is 0.219. The average molecular weight is 330 g/mol. The number of hydrogen-bond acceptors (Lipinski definition) is 4. The van der Waals surface area contributed by atoms with Gasteiger partial charge in [-0.25, -0.2) is 9.78 Å². The molecule has 1 atom stereocenters. The number of hydrogen-bond donors (Lipinski definition) is 2. The smallest absolute Gasteiger partial charge is 0.329 e. The maximum Gasteiger partial charge on any atom is 0.434 e. The number of pyridine rings is 1. The van der Waals surface area contributed by atoms with E-state index in [-0.39, 0.29) is 5.01 Å². The number of halogens is 3. The Labute approximate surface area is 128 Å². The minimum atomic E-state index is -4.48. The van der Waals surface area contributed by atoms with Crippen LogP contribution in [-0.4, -0.2) is 16.0 Å². The van der Waals surface area contributed by atoms with Crippen molar-refractivity contribution in [3.63, 3.8) is 0 Å². The molecule has 5 nitrogen and oxygen atoms in total. The summed E-state index contributed by atoms with van der Waals surface area (Å²) in [5.74, 6) is 0. The third-order valence-electron chi connectivity index (χ3n) is 2.74. The Kier molecular flexibility index (Phi) is 4.96. The van der Waals surface area contributed by atoms with Gasteiger partial charge in [-0.1, -0.05) is 6.92 Å². The van der Waals surface area contributed by atoms with Crippen LogP contribution in [0.4, 0.5) is 23.7 Å². The highest BCUT2D eigenvalue weighted by molar-refractivity contribution is 7.09. The molecule has 2 aromatic rings. The third kappa shape index (κ3) is 4.17. The predicted molar refractivity (Wildman–Crippen MR) is 76.5 cm³/mol. The molecule has 1 unspecified atom stereocenters. The number of carbonyl (C=O) groups is 1. The lowest BCUT2D eigenvalue weighted by Gasteiger charge is -2.15. The van der Waals surface area contributed by atoms with Gasteiger partial charge in [-0.2, -0.15) is 13.2 Å². The van der Waals surface area contributed by atoms with Gasteiger partial charge in [-0.3, -0.25) is 4.98 Å². The zero-order chi connectivity index (χ0) is 16.2. The molecule has 0 aliphatic heterocycles. The van der Waals surface area contributed by atoms with Gasteiger partial charge < -0.3 is 10.6 Å². The Bertz CT molecular complexity index is 630. The molecule has 0 saturated heterocycles.